The summed E-state index contributed by atoms with van der Waals surface area (Å²) in [6, 6.07) is 12.8. The van der Waals surface area contributed by atoms with Crippen molar-refractivity contribution < 1.29 is 33.3 Å². The molecule has 40 heavy (non-hydrogen) atoms. The van der Waals surface area contributed by atoms with Gasteiger partial charge in [-0.25, -0.2) is 9.48 Å². The molecular formula is C27H24ClN5O7. The van der Waals surface area contributed by atoms with Gasteiger partial charge in [0.15, 0.2) is 23.0 Å². The van der Waals surface area contributed by atoms with Crippen molar-refractivity contribution in [3.05, 3.63) is 71.5 Å². The number of halogens is 1. The molecule has 0 unspecified atom stereocenters. The topological polar surface area (TPSA) is 134 Å². The maximum Gasteiger partial charge on any atom is 0.323 e. The van der Waals surface area contributed by atoms with Gasteiger partial charge >= 0.3 is 6.03 Å². The maximum atomic E-state index is 13.0. The number of fused-ring (bicyclic) bond motifs is 1. The van der Waals surface area contributed by atoms with E-state index in [0.717, 1.165) is 0 Å². The number of carbonyl (C=O) groups is 2. The third-order valence-electron chi connectivity index (χ3n) is 5.86. The first kappa shape index (κ1) is 26.5. The molecule has 12 nitrogen and oxygen atoms in total. The number of anilines is 3. The lowest BCUT2D eigenvalue weighted by Gasteiger charge is -2.14. The number of carbonyl (C=O) groups excluding carboxylic acids is 2. The lowest BCUT2D eigenvalue weighted by atomic mass is 10.1. The molecule has 13 heteroatoms. The number of benzene rings is 3. The van der Waals surface area contributed by atoms with E-state index in [-0.39, 0.29) is 12.7 Å². The van der Waals surface area contributed by atoms with Gasteiger partial charge in [-0.05, 0) is 30.3 Å². The van der Waals surface area contributed by atoms with Crippen LogP contribution in [-0.2, 0) is 0 Å². The van der Waals surface area contributed by atoms with Crippen LogP contribution in [-0.4, -0.2) is 49.8 Å². The summed E-state index contributed by atoms with van der Waals surface area (Å²) in [5.74, 6) is 1.72. The molecule has 0 fully saturated rings. The van der Waals surface area contributed by atoms with Gasteiger partial charge in [-0.3, -0.25) is 4.79 Å². The van der Waals surface area contributed by atoms with Gasteiger partial charge in [0, 0.05) is 23.4 Å². The van der Waals surface area contributed by atoms with Crippen LogP contribution in [0.1, 0.15) is 10.4 Å². The minimum Gasteiger partial charge on any atom is -0.493 e. The number of urea groups is 1. The summed E-state index contributed by atoms with van der Waals surface area (Å²) < 4.78 is 28.3. The summed E-state index contributed by atoms with van der Waals surface area (Å²) in [6.07, 6.45) is 3.07. The third kappa shape index (κ3) is 5.38. The van der Waals surface area contributed by atoms with E-state index < -0.39 is 6.03 Å². The number of aromatic nitrogens is 2. The first-order valence-electron chi connectivity index (χ1n) is 11.8. The molecule has 3 aromatic carbocycles. The largest absolute Gasteiger partial charge is 0.493 e. The second-order valence-electron chi connectivity index (χ2n) is 8.33. The smallest absolute Gasteiger partial charge is 0.323 e. The van der Waals surface area contributed by atoms with Gasteiger partial charge in [0.25, 0.3) is 5.91 Å². The monoisotopic (exact) mass is 565 g/mol. The van der Waals surface area contributed by atoms with Crippen LogP contribution in [0.3, 0.4) is 0 Å². The maximum absolute atomic E-state index is 13.0. The number of hydrogen-bond donors (Lipinski definition) is 3. The molecule has 3 N–H and O–H groups in total. The second-order valence-corrected chi connectivity index (χ2v) is 8.73. The Morgan fingerprint density at radius 3 is 2.42 bits per heavy atom. The molecule has 0 bridgehead atoms. The predicted molar refractivity (Wildman–Crippen MR) is 148 cm³/mol. The fourth-order valence-corrected chi connectivity index (χ4v) is 4.21. The zero-order valence-corrected chi connectivity index (χ0v) is 22.4. The lowest BCUT2D eigenvalue weighted by molar-refractivity contribution is 0.102. The van der Waals surface area contributed by atoms with Crippen molar-refractivity contribution >= 4 is 40.6 Å². The molecule has 5 rings (SSSR count). The molecule has 206 valence electrons. The van der Waals surface area contributed by atoms with E-state index in [1.54, 1.807) is 54.7 Å². The first-order valence-corrected chi connectivity index (χ1v) is 12.2. The Hall–Kier alpha value is -5.10. The molecule has 0 saturated heterocycles. The number of amides is 3. The zero-order chi connectivity index (χ0) is 28.2. The third-order valence-corrected chi connectivity index (χ3v) is 6.18. The van der Waals surface area contributed by atoms with Gasteiger partial charge in [0.2, 0.25) is 12.5 Å². The highest BCUT2D eigenvalue weighted by molar-refractivity contribution is 6.34. The minimum atomic E-state index is -0.552. The Morgan fingerprint density at radius 1 is 0.925 bits per heavy atom. The van der Waals surface area contributed by atoms with E-state index in [1.807, 2.05) is 0 Å². The van der Waals surface area contributed by atoms with Crippen molar-refractivity contribution in [2.24, 2.45) is 0 Å². The lowest BCUT2D eigenvalue weighted by Crippen LogP contribution is -2.19. The predicted octanol–water partition coefficient (Wildman–Crippen LogP) is 5.18. The van der Waals surface area contributed by atoms with Gasteiger partial charge in [0.1, 0.15) is 5.69 Å². The number of rotatable bonds is 8. The number of nitrogens with zero attached hydrogens (tertiary/aromatic N) is 2. The first-order chi connectivity index (χ1) is 19.4. The molecule has 0 saturated carbocycles. The highest BCUT2D eigenvalue weighted by Gasteiger charge is 2.22. The summed E-state index contributed by atoms with van der Waals surface area (Å²) in [5.41, 5.74) is 2.14. The zero-order valence-electron chi connectivity index (χ0n) is 21.6. The Labute approximate surface area is 233 Å². The fourth-order valence-electron chi connectivity index (χ4n) is 4.02. The van der Waals surface area contributed by atoms with Gasteiger partial charge in [-0.15, -0.1) is 0 Å². The van der Waals surface area contributed by atoms with E-state index >= 15 is 0 Å². The van der Waals surface area contributed by atoms with Gasteiger partial charge in [-0.1, -0.05) is 17.7 Å². The van der Waals surface area contributed by atoms with Crippen LogP contribution in [0.15, 0.2) is 60.9 Å². The standard InChI is InChI=1S/C27H24ClN5O7/c1-36-21-10-16(11-22(37-2)24(21)38-3)30-26(34)15-5-4-6-18(9-15)33-13-17(12-29-33)31-27(35)32-23-19(28)7-8-20-25(23)40-14-39-20/h4-13H,14H2,1-3H3,(H,30,34)(H2,31,32,35). The summed E-state index contributed by atoms with van der Waals surface area (Å²) >= 11 is 6.23. The minimum absolute atomic E-state index is 0.0400. The van der Waals surface area contributed by atoms with Crippen LogP contribution in [0.4, 0.5) is 21.9 Å². The summed E-state index contributed by atoms with van der Waals surface area (Å²) in [6.45, 7) is 0.0400. The summed E-state index contributed by atoms with van der Waals surface area (Å²) in [7, 11) is 4.49. The van der Waals surface area contributed by atoms with Crippen LogP contribution in [0.25, 0.3) is 5.69 Å². The Balaban J connectivity index is 1.28. The highest BCUT2D eigenvalue weighted by Crippen LogP contribution is 2.43. The molecule has 0 spiro atoms. The second kappa shape index (κ2) is 11.3. The molecule has 0 atom stereocenters. The van der Waals surface area contributed by atoms with Crippen molar-refractivity contribution in [2.75, 3.05) is 44.1 Å². The molecule has 2 heterocycles. The van der Waals surface area contributed by atoms with Gasteiger partial charge in [-0.2, -0.15) is 5.10 Å². The van der Waals surface area contributed by atoms with Crippen LogP contribution in [0, 0.1) is 0 Å². The molecule has 0 aliphatic carbocycles. The molecule has 1 aliphatic rings. The molecule has 1 aromatic heterocycles. The van der Waals surface area contributed by atoms with Crippen molar-refractivity contribution in [2.45, 2.75) is 0 Å². The fraction of sp³-hybridized carbons (Fsp3) is 0.148. The van der Waals surface area contributed by atoms with Crippen LogP contribution < -0.4 is 39.6 Å². The van der Waals surface area contributed by atoms with E-state index in [4.69, 9.17) is 35.3 Å². The van der Waals surface area contributed by atoms with E-state index in [9.17, 15) is 9.59 Å². The van der Waals surface area contributed by atoms with Crippen molar-refractivity contribution in [1.82, 2.24) is 9.78 Å². The van der Waals surface area contributed by atoms with Gasteiger partial charge < -0.3 is 39.6 Å². The normalized spacial score (nSPS) is 11.5. The number of nitrogens with one attached hydrogen (secondary N) is 3. The van der Waals surface area contributed by atoms with E-state index in [1.165, 1.54) is 32.2 Å². The molecular weight excluding hydrogens is 542 g/mol. The number of hydrogen-bond acceptors (Lipinski definition) is 8. The van der Waals surface area contributed by atoms with Crippen molar-refractivity contribution in [3.8, 4) is 34.4 Å². The van der Waals surface area contributed by atoms with Gasteiger partial charge in [0.05, 0.1) is 50.1 Å². The summed E-state index contributed by atoms with van der Waals surface area (Å²) in [4.78, 5) is 25.7. The number of ether oxygens (including phenoxy) is 5. The van der Waals surface area contributed by atoms with E-state index in [0.29, 0.717) is 62.1 Å². The Morgan fingerprint density at radius 2 is 1.70 bits per heavy atom. The van der Waals surface area contributed by atoms with Crippen LogP contribution in [0.5, 0.6) is 28.7 Å². The molecule has 1 aliphatic heterocycles. The SMILES string of the molecule is COc1cc(NC(=O)c2cccc(-n3cc(NC(=O)Nc4c(Cl)ccc5c4OCO5)cn3)c2)cc(OC)c1OC. The van der Waals surface area contributed by atoms with Crippen molar-refractivity contribution in [1.29, 1.82) is 0 Å². The average Bonchev–Trinajstić information content (AvgIpc) is 3.64. The number of methoxy groups -OCH3 is 3. The van der Waals surface area contributed by atoms with Crippen LogP contribution in [0.2, 0.25) is 5.02 Å². The highest BCUT2D eigenvalue weighted by atomic mass is 35.5. The quantitative estimate of drug-likeness (QED) is 0.266. The Kier molecular flexibility index (Phi) is 7.51. The average molecular weight is 566 g/mol. The van der Waals surface area contributed by atoms with E-state index in [2.05, 4.69) is 21.0 Å². The van der Waals surface area contributed by atoms with Crippen LogP contribution >= 0.6 is 11.6 Å². The van der Waals surface area contributed by atoms with Crippen molar-refractivity contribution in [3.63, 3.8) is 0 Å². The molecule has 4 aromatic rings. The summed E-state index contributed by atoms with van der Waals surface area (Å²) in [5, 5.41) is 12.8. The Bertz CT molecular complexity index is 1560. The molecule has 0 radical (unpaired) electrons. The molecule has 3 amide bonds.